The topological polar surface area (TPSA) is 38.3 Å². The molecule has 1 heterocycles. The van der Waals surface area contributed by atoms with Crippen molar-refractivity contribution in [2.75, 3.05) is 6.61 Å². The molecule has 1 aliphatic heterocycles. The van der Waals surface area contributed by atoms with Gasteiger partial charge in [-0.05, 0) is 12.1 Å². The minimum absolute atomic E-state index is 0.345. The molecule has 2 rings (SSSR count). The smallest absolute Gasteiger partial charge is 0.416 e. The van der Waals surface area contributed by atoms with Gasteiger partial charge in [0, 0.05) is 5.56 Å². The quantitative estimate of drug-likeness (QED) is 0.753. The Bertz CT molecular complexity index is 666. The highest BCUT2D eigenvalue weighted by Crippen LogP contribution is 2.44. The molecule has 0 aromatic heterocycles. The second-order valence-electron chi connectivity index (χ2n) is 4.83. The summed E-state index contributed by atoms with van der Waals surface area (Å²) >= 11 is 0. The van der Waals surface area contributed by atoms with E-state index in [1.54, 1.807) is 0 Å². The number of alkyl carbamates (subject to hydrolysis) is 1. The first-order chi connectivity index (χ1) is 10.7. The number of nitrogens with one attached hydrogen (secondary N) is 1. The Morgan fingerprint density at radius 1 is 1.08 bits per heavy atom. The van der Waals surface area contributed by atoms with Crippen molar-refractivity contribution in [1.82, 2.24) is 5.32 Å². The second-order valence-corrected chi connectivity index (χ2v) is 4.83. The summed E-state index contributed by atoms with van der Waals surface area (Å²) in [6.45, 7) is -1.65. The number of benzene rings is 1. The van der Waals surface area contributed by atoms with E-state index in [9.17, 15) is 44.3 Å². The van der Waals surface area contributed by atoms with Crippen LogP contribution in [-0.2, 0) is 17.1 Å². The van der Waals surface area contributed by atoms with Crippen LogP contribution >= 0.6 is 0 Å². The van der Waals surface area contributed by atoms with E-state index >= 15 is 0 Å². The molecule has 24 heavy (non-hydrogen) atoms. The average Bonchev–Trinajstić information content (AvgIpc) is 2.39. The van der Waals surface area contributed by atoms with Crippen LogP contribution in [0.4, 0.5) is 44.3 Å². The monoisotopic (exact) mass is 367 g/mol. The summed E-state index contributed by atoms with van der Waals surface area (Å²) in [4.78, 5) is 11.0. The third kappa shape index (κ3) is 3.36. The van der Waals surface area contributed by atoms with Crippen molar-refractivity contribution < 1.29 is 49.0 Å². The molecule has 1 atom stereocenters. The third-order valence-electron chi connectivity index (χ3n) is 3.13. The van der Waals surface area contributed by atoms with E-state index in [0.717, 1.165) is 0 Å². The number of rotatable bonds is 1. The van der Waals surface area contributed by atoms with E-state index in [1.165, 1.54) is 5.32 Å². The lowest BCUT2D eigenvalue weighted by Gasteiger charge is -2.33. The summed E-state index contributed by atoms with van der Waals surface area (Å²) in [6.07, 6.45) is -12.5. The highest BCUT2D eigenvalue weighted by molar-refractivity contribution is 5.69. The van der Waals surface area contributed by atoms with Crippen molar-refractivity contribution in [2.45, 2.75) is 24.3 Å². The summed E-state index contributed by atoms with van der Waals surface area (Å²) < 4.78 is 122. The maximum Gasteiger partial charge on any atom is 0.416 e. The lowest BCUT2D eigenvalue weighted by atomic mass is 9.92. The van der Waals surface area contributed by atoms with Crippen molar-refractivity contribution in [2.24, 2.45) is 0 Å². The molecule has 1 aromatic rings. The normalized spacial score (nSPS) is 21.2. The zero-order valence-corrected chi connectivity index (χ0v) is 11.2. The van der Waals surface area contributed by atoms with Gasteiger partial charge in [0.15, 0.2) is 6.61 Å². The molecule has 1 aromatic carbocycles. The Labute approximate surface area is 127 Å². The molecule has 1 fully saturated rings. The number of amides is 1. The molecule has 12 heteroatoms. The number of cyclic esters (lactones) is 1. The van der Waals surface area contributed by atoms with Crippen molar-refractivity contribution in [3.8, 4) is 0 Å². The Kier molecular flexibility index (Phi) is 4.13. The molecule has 0 saturated carbocycles. The summed E-state index contributed by atoms with van der Waals surface area (Å²) in [7, 11) is 0. The predicted molar refractivity (Wildman–Crippen MR) is 58.6 cm³/mol. The lowest BCUT2D eigenvalue weighted by Crippen LogP contribution is -2.50. The Morgan fingerprint density at radius 3 is 2.17 bits per heavy atom. The van der Waals surface area contributed by atoms with Crippen molar-refractivity contribution in [3.05, 3.63) is 34.6 Å². The number of ether oxygens (including phenoxy) is 1. The predicted octanol–water partition coefficient (Wildman–Crippen LogP) is 4.28. The van der Waals surface area contributed by atoms with Gasteiger partial charge in [-0.25, -0.2) is 18.0 Å². The van der Waals surface area contributed by atoms with Gasteiger partial charge in [-0.1, -0.05) is 0 Å². The molecule has 1 N–H and O–H groups in total. The second kappa shape index (κ2) is 5.45. The van der Waals surface area contributed by atoms with Crippen LogP contribution in [0, 0.1) is 5.82 Å². The fourth-order valence-corrected chi connectivity index (χ4v) is 2.10. The number of alkyl halides is 8. The van der Waals surface area contributed by atoms with Gasteiger partial charge in [0.2, 0.25) is 0 Å². The molecule has 0 aliphatic carbocycles. The zero-order chi connectivity index (χ0) is 18.5. The van der Waals surface area contributed by atoms with E-state index in [-0.39, 0.29) is 6.07 Å². The zero-order valence-electron chi connectivity index (χ0n) is 11.2. The Balaban J connectivity index is 2.71. The van der Waals surface area contributed by atoms with E-state index in [4.69, 9.17) is 0 Å². The molecule has 0 radical (unpaired) electrons. The first kappa shape index (κ1) is 18.2. The van der Waals surface area contributed by atoms with Gasteiger partial charge >= 0.3 is 24.4 Å². The molecule has 0 bridgehead atoms. The molecule has 1 aliphatic rings. The summed E-state index contributed by atoms with van der Waals surface area (Å²) in [6, 6.07) is -3.67. The van der Waals surface area contributed by atoms with Crippen molar-refractivity contribution in [1.29, 1.82) is 0 Å². The fraction of sp³-hybridized carbons (Fsp3) is 0.417. The maximum absolute atomic E-state index is 13.9. The summed E-state index contributed by atoms with van der Waals surface area (Å²) in [5.41, 5.74) is -6.06. The van der Waals surface area contributed by atoms with Gasteiger partial charge in [0.05, 0.1) is 11.1 Å². The van der Waals surface area contributed by atoms with E-state index in [1.807, 2.05) is 0 Å². The molecular formula is C12H6F9NO2. The SMILES string of the molecule is O=C1N[C@H](c2c(F)cc(C(F)(F)F)cc2C(F)(F)F)C(F)(F)CO1. The van der Waals surface area contributed by atoms with Crippen molar-refractivity contribution in [3.63, 3.8) is 0 Å². The van der Waals surface area contributed by atoms with Crippen LogP contribution in [0.2, 0.25) is 0 Å². The largest absolute Gasteiger partial charge is 0.443 e. The highest BCUT2D eigenvalue weighted by atomic mass is 19.4. The molecule has 0 unspecified atom stereocenters. The maximum atomic E-state index is 13.9. The average molecular weight is 367 g/mol. The molecule has 3 nitrogen and oxygen atoms in total. The number of carbonyl (C=O) groups excluding carboxylic acids is 1. The van der Waals surface area contributed by atoms with Crippen LogP contribution in [0.1, 0.15) is 22.7 Å². The minimum Gasteiger partial charge on any atom is -0.443 e. The van der Waals surface area contributed by atoms with Gasteiger partial charge in [-0.15, -0.1) is 0 Å². The van der Waals surface area contributed by atoms with Gasteiger partial charge in [-0.3, -0.25) is 0 Å². The number of halogens is 9. The highest BCUT2D eigenvalue weighted by Gasteiger charge is 2.52. The lowest BCUT2D eigenvalue weighted by molar-refractivity contribution is -0.146. The Morgan fingerprint density at radius 2 is 1.67 bits per heavy atom. The molecule has 0 spiro atoms. The van der Waals surface area contributed by atoms with Gasteiger partial charge in [0.1, 0.15) is 11.9 Å². The van der Waals surface area contributed by atoms with Gasteiger partial charge < -0.3 is 10.1 Å². The van der Waals surface area contributed by atoms with Crippen LogP contribution in [0.15, 0.2) is 12.1 Å². The van der Waals surface area contributed by atoms with Gasteiger partial charge in [-0.2, -0.15) is 26.3 Å². The van der Waals surface area contributed by atoms with Crippen LogP contribution in [0.3, 0.4) is 0 Å². The van der Waals surface area contributed by atoms with Crippen LogP contribution in [-0.4, -0.2) is 18.6 Å². The van der Waals surface area contributed by atoms with E-state index in [2.05, 4.69) is 4.74 Å². The Hall–Kier alpha value is -2.14. The molecular weight excluding hydrogens is 361 g/mol. The van der Waals surface area contributed by atoms with E-state index < -0.39 is 65.6 Å². The van der Waals surface area contributed by atoms with Crippen LogP contribution in [0.5, 0.6) is 0 Å². The number of hydrogen-bond donors (Lipinski definition) is 1. The first-order valence-electron chi connectivity index (χ1n) is 6.02. The summed E-state index contributed by atoms with van der Waals surface area (Å²) in [5.74, 6) is -6.35. The van der Waals surface area contributed by atoms with Crippen LogP contribution < -0.4 is 5.32 Å². The first-order valence-corrected chi connectivity index (χ1v) is 6.02. The summed E-state index contributed by atoms with van der Waals surface area (Å²) in [5, 5.41) is 1.30. The van der Waals surface area contributed by atoms with Crippen LogP contribution in [0.25, 0.3) is 0 Å². The fourth-order valence-electron chi connectivity index (χ4n) is 2.10. The molecule has 1 amide bonds. The van der Waals surface area contributed by atoms with Crippen molar-refractivity contribution >= 4 is 6.09 Å². The number of carbonyl (C=O) groups is 1. The number of hydrogen-bond acceptors (Lipinski definition) is 2. The standard InChI is InChI=1S/C12H6F9NO2/c13-6-2-4(11(16,17)18)1-5(12(19,20)21)7(6)8-10(14,15)3-24-9(23)22-8/h1-2,8H,3H2,(H,22,23)/t8-/m1/s1. The third-order valence-corrected chi connectivity index (χ3v) is 3.13. The molecule has 1 saturated heterocycles. The van der Waals surface area contributed by atoms with Gasteiger partial charge in [0.25, 0.3) is 0 Å². The minimum atomic E-state index is -5.57. The molecule has 134 valence electrons. The van der Waals surface area contributed by atoms with E-state index in [0.29, 0.717) is 0 Å².